The van der Waals surface area contributed by atoms with Crippen LogP contribution in [0, 0.1) is 5.82 Å². The van der Waals surface area contributed by atoms with E-state index in [1.54, 1.807) is 26.4 Å². The Morgan fingerprint density at radius 1 is 1.10 bits per heavy atom. The molecule has 112 valence electrons. The summed E-state index contributed by atoms with van der Waals surface area (Å²) in [5, 5.41) is 0.291. The van der Waals surface area contributed by atoms with Crippen LogP contribution in [-0.4, -0.2) is 14.2 Å². The quantitative estimate of drug-likeness (QED) is 0.658. The summed E-state index contributed by atoms with van der Waals surface area (Å²) in [5.41, 5.74) is 4.14. The molecule has 1 unspecified atom stereocenters. The number of benzene rings is 2. The molecule has 0 saturated heterocycles. The topological polar surface area (TPSA) is 56.5 Å². The van der Waals surface area contributed by atoms with Crippen molar-refractivity contribution in [3.63, 3.8) is 0 Å². The molecule has 3 N–H and O–H groups in total. The zero-order chi connectivity index (χ0) is 15.4. The molecule has 0 bridgehead atoms. The highest BCUT2D eigenvalue weighted by atomic mass is 35.5. The van der Waals surface area contributed by atoms with Gasteiger partial charge in [-0.25, -0.2) is 9.82 Å². The molecule has 0 aliphatic heterocycles. The Bertz CT molecular complexity index is 615. The van der Waals surface area contributed by atoms with Crippen LogP contribution >= 0.6 is 11.6 Å². The number of hydrogen-bond donors (Lipinski definition) is 2. The molecule has 2 aromatic rings. The van der Waals surface area contributed by atoms with Gasteiger partial charge >= 0.3 is 0 Å². The fraction of sp³-hybridized carbons (Fsp3) is 0.200. The maximum Gasteiger partial charge on any atom is 0.124 e. The first-order chi connectivity index (χ1) is 10.1. The molecule has 21 heavy (non-hydrogen) atoms. The van der Waals surface area contributed by atoms with Gasteiger partial charge in [-0.1, -0.05) is 17.7 Å². The highest BCUT2D eigenvalue weighted by Gasteiger charge is 2.18. The number of ether oxygens (including phenoxy) is 2. The van der Waals surface area contributed by atoms with Crippen molar-refractivity contribution in [3.8, 4) is 11.5 Å². The van der Waals surface area contributed by atoms with Gasteiger partial charge in [-0.3, -0.25) is 5.84 Å². The van der Waals surface area contributed by atoms with Crippen molar-refractivity contribution in [2.45, 2.75) is 6.04 Å². The summed E-state index contributed by atoms with van der Waals surface area (Å²) >= 11 is 6.10. The van der Waals surface area contributed by atoms with Crippen LogP contribution < -0.4 is 20.7 Å². The Hall–Kier alpha value is -1.82. The molecule has 0 aromatic heterocycles. The third kappa shape index (κ3) is 3.44. The van der Waals surface area contributed by atoms with E-state index in [0.717, 1.165) is 5.56 Å². The molecule has 4 nitrogen and oxygen atoms in total. The van der Waals surface area contributed by atoms with Crippen molar-refractivity contribution in [1.29, 1.82) is 0 Å². The Labute approximate surface area is 127 Å². The molecule has 0 saturated carbocycles. The van der Waals surface area contributed by atoms with Crippen LogP contribution in [0.2, 0.25) is 5.02 Å². The van der Waals surface area contributed by atoms with Crippen LogP contribution in [0.1, 0.15) is 17.2 Å². The molecular weight excluding hydrogens is 295 g/mol. The second kappa shape index (κ2) is 6.76. The Kier molecular flexibility index (Phi) is 5.01. The SMILES string of the molecule is COc1cc(OC)cc(C(NN)c2ccc(F)cc2Cl)c1. The number of methoxy groups -OCH3 is 2. The summed E-state index contributed by atoms with van der Waals surface area (Å²) in [4.78, 5) is 0. The summed E-state index contributed by atoms with van der Waals surface area (Å²) < 4.78 is 23.6. The minimum Gasteiger partial charge on any atom is -0.497 e. The molecule has 0 radical (unpaired) electrons. The van der Waals surface area contributed by atoms with Gasteiger partial charge in [0, 0.05) is 11.1 Å². The highest BCUT2D eigenvalue weighted by molar-refractivity contribution is 6.31. The van der Waals surface area contributed by atoms with Crippen molar-refractivity contribution >= 4 is 11.6 Å². The molecule has 0 aliphatic rings. The lowest BCUT2D eigenvalue weighted by Gasteiger charge is -2.19. The van der Waals surface area contributed by atoms with E-state index in [1.165, 1.54) is 12.1 Å². The third-order valence-corrected chi connectivity index (χ3v) is 3.47. The molecule has 6 heteroatoms. The lowest BCUT2D eigenvalue weighted by Crippen LogP contribution is -2.29. The van der Waals surface area contributed by atoms with Gasteiger partial charge in [-0.15, -0.1) is 0 Å². The summed E-state index contributed by atoms with van der Waals surface area (Å²) in [6.45, 7) is 0. The van der Waals surface area contributed by atoms with Crippen molar-refractivity contribution in [1.82, 2.24) is 5.43 Å². The fourth-order valence-corrected chi connectivity index (χ4v) is 2.37. The Balaban J connectivity index is 2.50. The van der Waals surface area contributed by atoms with Crippen molar-refractivity contribution in [2.24, 2.45) is 5.84 Å². The maximum absolute atomic E-state index is 13.2. The number of hydrogen-bond acceptors (Lipinski definition) is 4. The number of hydrazine groups is 1. The first-order valence-electron chi connectivity index (χ1n) is 6.23. The average Bonchev–Trinajstić information content (AvgIpc) is 2.49. The molecule has 1 atom stereocenters. The zero-order valence-electron chi connectivity index (χ0n) is 11.7. The van der Waals surface area contributed by atoms with E-state index >= 15 is 0 Å². The summed E-state index contributed by atoms with van der Waals surface area (Å²) in [7, 11) is 3.13. The van der Waals surface area contributed by atoms with Crippen LogP contribution in [0.3, 0.4) is 0 Å². The van der Waals surface area contributed by atoms with Gasteiger partial charge in [0.25, 0.3) is 0 Å². The number of halogens is 2. The molecule has 0 heterocycles. The number of nitrogens with one attached hydrogen (secondary N) is 1. The predicted molar refractivity (Wildman–Crippen MR) is 80.1 cm³/mol. The first-order valence-corrected chi connectivity index (χ1v) is 6.61. The molecular formula is C15H16ClFN2O2. The minimum absolute atomic E-state index is 0.291. The van der Waals surface area contributed by atoms with E-state index in [0.29, 0.717) is 22.1 Å². The average molecular weight is 311 g/mol. The second-order valence-corrected chi connectivity index (χ2v) is 4.82. The summed E-state index contributed by atoms with van der Waals surface area (Å²) in [5.74, 6) is 6.50. The molecule has 0 amide bonds. The molecule has 0 spiro atoms. The van der Waals surface area contributed by atoms with Gasteiger partial charge in [0.05, 0.1) is 20.3 Å². The molecule has 2 aromatic carbocycles. The fourth-order valence-electron chi connectivity index (χ4n) is 2.10. The zero-order valence-corrected chi connectivity index (χ0v) is 12.4. The Morgan fingerprint density at radius 2 is 1.71 bits per heavy atom. The van der Waals surface area contributed by atoms with Gasteiger partial charge in [0.1, 0.15) is 17.3 Å². The first kappa shape index (κ1) is 15.6. The molecule has 0 aliphatic carbocycles. The van der Waals surface area contributed by atoms with Gasteiger partial charge < -0.3 is 9.47 Å². The van der Waals surface area contributed by atoms with Crippen molar-refractivity contribution in [3.05, 3.63) is 58.4 Å². The second-order valence-electron chi connectivity index (χ2n) is 4.41. The van der Waals surface area contributed by atoms with Crippen LogP contribution in [0.15, 0.2) is 36.4 Å². The van der Waals surface area contributed by atoms with Crippen LogP contribution in [0.5, 0.6) is 11.5 Å². The monoisotopic (exact) mass is 310 g/mol. The summed E-state index contributed by atoms with van der Waals surface area (Å²) in [6, 6.07) is 9.14. The number of rotatable bonds is 5. The van der Waals surface area contributed by atoms with E-state index in [-0.39, 0.29) is 0 Å². The standard InChI is InChI=1S/C15H16ClFN2O2/c1-20-11-5-9(6-12(8-11)21-2)15(19-18)13-4-3-10(17)7-14(13)16/h3-8,15,19H,18H2,1-2H3. The van der Waals surface area contributed by atoms with Gasteiger partial charge in [-0.05, 0) is 35.4 Å². The van der Waals surface area contributed by atoms with E-state index in [2.05, 4.69) is 5.43 Å². The minimum atomic E-state index is -0.415. The number of nitrogens with two attached hydrogens (primary N) is 1. The highest BCUT2D eigenvalue weighted by Crippen LogP contribution is 2.32. The van der Waals surface area contributed by atoms with E-state index in [9.17, 15) is 4.39 Å². The van der Waals surface area contributed by atoms with E-state index < -0.39 is 11.9 Å². The van der Waals surface area contributed by atoms with Gasteiger partial charge in [-0.2, -0.15) is 0 Å². The van der Waals surface area contributed by atoms with Crippen LogP contribution in [-0.2, 0) is 0 Å². The molecule has 2 rings (SSSR count). The molecule has 0 fully saturated rings. The largest absolute Gasteiger partial charge is 0.497 e. The van der Waals surface area contributed by atoms with Gasteiger partial charge in [0.2, 0.25) is 0 Å². The lowest BCUT2D eigenvalue weighted by molar-refractivity contribution is 0.392. The maximum atomic E-state index is 13.2. The normalized spacial score (nSPS) is 12.0. The lowest BCUT2D eigenvalue weighted by atomic mass is 9.98. The van der Waals surface area contributed by atoms with Gasteiger partial charge in [0.15, 0.2) is 0 Å². The van der Waals surface area contributed by atoms with Crippen LogP contribution in [0.4, 0.5) is 4.39 Å². The van der Waals surface area contributed by atoms with Crippen molar-refractivity contribution in [2.75, 3.05) is 14.2 Å². The van der Waals surface area contributed by atoms with E-state index in [1.807, 2.05) is 12.1 Å². The van der Waals surface area contributed by atoms with Crippen LogP contribution in [0.25, 0.3) is 0 Å². The Morgan fingerprint density at radius 3 is 2.19 bits per heavy atom. The summed E-state index contributed by atoms with van der Waals surface area (Å²) in [6.07, 6.45) is 0. The smallest absolute Gasteiger partial charge is 0.124 e. The van der Waals surface area contributed by atoms with Crippen molar-refractivity contribution < 1.29 is 13.9 Å². The predicted octanol–water partition coefficient (Wildman–Crippen LogP) is 3.05. The third-order valence-electron chi connectivity index (χ3n) is 3.15. The van der Waals surface area contributed by atoms with E-state index in [4.69, 9.17) is 26.9 Å².